The van der Waals surface area contributed by atoms with Crippen molar-refractivity contribution < 1.29 is 0 Å². The number of aromatic nitrogens is 1. The minimum atomic E-state index is 0.465. The highest BCUT2D eigenvalue weighted by molar-refractivity contribution is 7.80. The van der Waals surface area contributed by atoms with Gasteiger partial charge in [0, 0.05) is 12.2 Å². The molecule has 4 heteroatoms. The van der Waals surface area contributed by atoms with E-state index in [1.54, 1.807) is 12.4 Å². The molecule has 0 radical (unpaired) electrons. The van der Waals surface area contributed by atoms with Crippen molar-refractivity contribution in [1.29, 1.82) is 0 Å². The summed E-state index contributed by atoms with van der Waals surface area (Å²) in [5.41, 5.74) is 0.945. The van der Waals surface area contributed by atoms with E-state index in [0.29, 0.717) is 11.2 Å². The minimum Gasteiger partial charge on any atom is -0.360 e. The molecule has 0 spiro atoms. The Morgan fingerprint density at radius 3 is 2.95 bits per heavy atom. The van der Waals surface area contributed by atoms with Gasteiger partial charge in [-0.2, -0.15) is 0 Å². The zero-order valence-corrected chi connectivity index (χ0v) is 12.1. The molecule has 4 atom stereocenters. The van der Waals surface area contributed by atoms with Crippen LogP contribution in [-0.2, 0) is 0 Å². The van der Waals surface area contributed by atoms with Gasteiger partial charge in [-0.05, 0) is 68.3 Å². The van der Waals surface area contributed by atoms with E-state index in [1.165, 1.54) is 25.7 Å². The zero-order valence-electron chi connectivity index (χ0n) is 11.3. The van der Waals surface area contributed by atoms with E-state index in [2.05, 4.69) is 22.5 Å². The molecule has 0 unspecified atom stereocenters. The summed E-state index contributed by atoms with van der Waals surface area (Å²) in [4.78, 5) is 4.08. The molecule has 1 aromatic rings. The molecule has 2 bridgehead atoms. The molecule has 0 aromatic carbocycles. The topological polar surface area (TPSA) is 37.0 Å². The first-order valence-electron chi connectivity index (χ1n) is 7.20. The molecule has 19 heavy (non-hydrogen) atoms. The monoisotopic (exact) mass is 275 g/mol. The smallest absolute Gasteiger partial charge is 0.171 e. The molecule has 0 amide bonds. The fraction of sp³-hybridized carbons (Fsp3) is 0.600. The predicted molar refractivity (Wildman–Crippen MR) is 82.0 cm³/mol. The highest BCUT2D eigenvalue weighted by Gasteiger charge is 2.41. The fourth-order valence-corrected chi connectivity index (χ4v) is 4.13. The van der Waals surface area contributed by atoms with E-state index in [4.69, 9.17) is 12.2 Å². The quantitative estimate of drug-likeness (QED) is 0.831. The number of rotatable bonds is 3. The lowest BCUT2D eigenvalue weighted by atomic mass is 9.84. The largest absolute Gasteiger partial charge is 0.360 e. The second-order valence-electron chi connectivity index (χ2n) is 5.97. The van der Waals surface area contributed by atoms with Gasteiger partial charge in [0.05, 0.1) is 11.9 Å². The van der Waals surface area contributed by atoms with Crippen LogP contribution < -0.4 is 10.6 Å². The van der Waals surface area contributed by atoms with Crippen molar-refractivity contribution in [3.63, 3.8) is 0 Å². The normalized spacial score (nSPS) is 30.1. The van der Waals surface area contributed by atoms with E-state index in [9.17, 15) is 0 Å². The number of fused-ring (bicyclic) bond motifs is 2. The lowest BCUT2D eigenvalue weighted by Gasteiger charge is -2.29. The molecule has 0 aliphatic heterocycles. The highest BCUT2D eigenvalue weighted by Crippen LogP contribution is 2.49. The van der Waals surface area contributed by atoms with Gasteiger partial charge in [-0.25, -0.2) is 0 Å². The van der Waals surface area contributed by atoms with E-state index >= 15 is 0 Å². The Hall–Kier alpha value is -1.16. The molecule has 0 saturated heterocycles. The number of nitrogens with zero attached hydrogens (tertiary/aromatic N) is 1. The predicted octanol–water partition coefficient (Wildman–Crippen LogP) is 3.19. The standard InChI is InChI=1S/C15H21N3S/c1-10(14-8-11-4-5-12(14)7-11)17-15(19)18-13-3-2-6-16-9-13/h2-3,6,9-12,14H,4-5,7-8H2,1H3,(H2,17,18,19)/t10-,11-,12-,14-/m0/s1. The Morgan fingerprint density at radius 1 is 1.42 bits per heavy atom. The summed E-state index contributed by atoms with van der Waals surface area (Å²) in [5, 5.41) is 7.36. The van der Waals surface area contributed by atoms with Crippen LogP contribution in [0.5, 0.6) is 0 Å². The van der Waals surface area contributed by atoms with Crippen LogP contribution in [0.1, 0.15) is 32.6 Å². The summed E-state index contributed by atoms with van der Waals surface area (Å²) in [6.07, 6.45) is 9.25. The average molecular weight is 275 g/mol. The first kappa shape index (κ1) is 12.9. The highest BCUT2D eigenvalue weighted by atomic mass is 32.1. The van der Waals surface area contributed by atoms with Crippen LogP contribution in [-0.4, -0.2) is 16.1 Å². The van der Waals surface area contributed by atoms with Gasteiger partial charge in [0.2, 0.25) is 0 Å². The van der Waals surface area contributed by atoms with E-state index in [0.717, 1.165) is 23.4 Å². The maximum atomic E-state index is 5.38. The summed E-state index contributed by atoms with van der Waals surface area (Å²) in [5.74, 6) is 2.71. The number of thiocarbonyl (C=S) groups is 1. The number of pyridine rings is 1. The van der Waals surface area contributed by atoms with Crippen LogP contribution in [0.2, 0.25) is 0 Å². The van der Waals surface area contributed by atoms with Crippen LogP contribution in [0.4, 0.5) is 5.69 Å². The summed E-state index contributed by atoms with van der Waals surface area (Å²) in [6.45, 7) is 2.27. The second-order valence-corrected chi connectivity index (χ2v) is 6.38. The second kappa shape index (κ2) is 5.45. The van der Waals surface area contributed by atoms with Crippen LogP contribution in [0.25, 0.3) is 0 Å². The number of anilines is 1. The molecule has 3 rings (SSSR count). The third-order valence-corrected chi connectivity index (χ3v) is 4.93. The Balaban J connectivity index is 1.52. The third-order valence-electron chi connectivity index (χ3n) is 4.71. The molecule has 3 nitrogen and oxygen atoms in total. The summed E-state index contributed by atoms with van der Waals surface area (Å²) in [6, 6.07) is 4.35. The number of nitrogens with one attached hydrogen (secondary N) is 2. The Bertz CT molecular complexity index is 448. The molecule has 2 aliphatic carbocycles. The molecule has 2 aliphatic rings. The van der Waals surface area contributed by atoms with Gasteiger partial charge in [0.15, 0.2) is 5.11 Å². The van der Waals surface area contributed by atoms with Crippen LogP contribution in [0, 0.1) is 17.8 Å². The van der Waals surface area contributed by atoms with Gasteiger partial charge in [0.25, 0.3) is 0 Å². The lowest BCUT2D eigenvalue weighted by molar-refractivity contribution is 0.279. The SMILES string of the molecule is C[C@H](NC(=S)Nc1cccnc1)[C@@H]1C[C@H]2CC[C@H]1C2. The van der Waals surface area contributed by atoms with E-state index < -0.39 is 0 Å². The van der Waals surface area contributed by atoms with Gasteiger partial charge in [-0.3, -0.25) is 4.98 Å². The van der Waals surface area contributed by atoms with E-state index in [-0.39, 0.29) is 0 Å². The Morgan fingerprint density at radius 2 is 2.32 bits per heavy atom. The molecule has 1 heterocycles. The Kier molecular flexibility index (Phi) is 3.69. The van der Waals surface area contributed by atoms with Crippen molar-refractivity contribution in [3.8, 4) is 0 Å². The molecule has 102 valence electrons. The fourth-order valence-electron chi connectivity index (χ4n) is 3.82. The van der Waals surface area contributed by atoms with Crippen LogP contribution >= 0.6 is 12.2 Å². The van der Waals surface area contributed by atoms with Gasteiger partial charge in [-0.15, -0.1) is 0 Å². The van der Waals surface area contributed by atoms with Gasteiger partial charge in [0.1, 0.15) is 0 Å². The average Bonchev–Trinajstić information content (AvgIpc) is 3.02. The van der Waals surface area contributed by atoms with Gasteiger partial charge >= 0.3 is 0 Å². The van der Waals surface area contributed by atoms with Crippen molar-refractivity contribution in [2.45, 2.75) is 38.6 Å². The maximum absolute atomic E-state index is 5.38. The van der Waals surface area contributed by atoms with Crippen LogP contribution in [0.15, 0.2) is 24.5 Å². The minimum absolute atomic E-state index is 0.465. The molecular formula is C15H21N3S. The van der Waals surface area contributed by atoms with Gasteiger partial charge < -0.3 is 10.6 Å². The first-order valence-corrected chi connectivity index (χ1v) is 7.60. The number of hydrogen-bond acceptors (Lipinski definition) is 2. The molecule has 1 aromatic heterocycles. The first-order chi connectivity index (χ1) is 9.22. The van der Waals surface area contributed by atoms with Crippen molar-refractivity contribution in [2.75, 3.05) is 5.32 Å². The van der Waals surface area contributed by atoms with E-state index in [1.807, 2.05) is 12.1 Å². The van der Waals surface area contributed by atoms with Crippen molar-refractivity contribution in [1.82, 2.24) is 10.3 Å². The van der Waals surface area contributed by atoms with Crippen molar-refractivity contribution in [2.24, 2.45) is 17.8 Å². The Labute approximate surface area is 120 Å². The lowest BCUT2D eigenvalue weighted by Crippen LogP contribution is -2.42. The number of hydrogen-bond donors (Lipinski definition) is 2. The molecule has 2 saturated carbocycles. The summed E-state index contributed by atoms with van der Waals surface area (Å²) >= 11 is 5.38. The third kappa shape index (κ3) is 2.89. The van der Waals surface area contributed by atoms with Crippen LogP contribution in [0.3, 0.4) is 0 Å². The zero-order chi connectivity index (χ0) is 13.2. The van der Waals surface area contributed by atoms with Crippen molar-refractivity contribution in [3.05, 3.63) is 24.5 Å². The maximum Gasteiger partial charge on any atom is 0.171 e. The molecule has 2 fully saturated rings. The van der Waals surface area contributed by atoms with Crippen molar-refractivity contribution >= 4 is 23.0 Å². The molecular weight excluding hydrogens is 254 g/mol. The van der Waals surface area contributed by atoms with Gasteiger partial charge in [-0.1, -0.05) is 6.42 Å². The summed E-state index contributed by atoms with van der Waals surface area (Å²) < 4.78 is 0. The molecule has 2 N–H and O–H groups in total. The summed E-state index contributed by atoms with van der Waals surface area (Å²) in [7, 11) is 0.